The monoisotopic (exact) mass is 293 g/mol. The van der Waals surface area contributed by atoms with Crippen molar-refractivity contribution < 1.29 is 4.52 Å². The Labute approximate surface area is 126 Å². The summed E-state index contributed by atoms with van der Waals surface area (Å²) in [4.78, 5) is 9.27. The van der Waals surface area contributed by atoms with E-state index in [4.69, 9.17) is 4.52 Å². The van der Waals surface area contributed by atoms with Crippen molar-refractivity contribution in [1.29, 1.82) is 0 Å². The minimum Gasteiger partial charge on any atom is -0.339 e. The van der Waals surface area contributed by atoms with Crippen LogP contribution in [0.2, 0.25) is 0 Å². The summed E-state index contributed by atoms with van der Waals surface area (Å²) < 4.78 is 5.46. The molecule has 0 radical (unpaired) electrons. The van der Waals surface area contributed by atoms with Crippen molar-refractivity contribution >= 4 is 0 Å². The second-order valence-electron chi connectivity index (χ2n) is 6.49. The number of likely N-dealkylation sites (N-methyl/N-ethyl adjacent to an activating group) is 2. The zero-order valence-corrected chi connectivity index (χ0v) is 13.2. The van der Waals surface area contributed by atoms with Gasteiger partial charge in [0.05, 0.1) is 6.04 Å². The van der Waals surface area contributed by atoms with Crippen molar-refractivity contribution in [2.75, 3.05) is 40.3 Å². The first kappa shape index (κ1) is 14.9. The number of hydrogen-bond donors (Lipinski definition) is 1. The highest BCUT2D eigenvalue weighted by Crippen LogP contribution is 2.21. The molecule has 1 aromatic heterocycles. The molecule has 0 bridgehead atoms. The minimum atomic E-state index is 0.258. The normalized spacial score (nSPS) is 28.9. The Morgan fingerprint density at radius 2 is 2.19 bits per heavy atom. The van der Waals surface area contributed by atoms with E-state index < -0.39 is 0 Å². The predicted molar refractivity (Wildman–Crippen MR) is 81.1 cm³/mol. The Kier molecular flexibility index (Phi) is 4.87. The molecule has 6 nitrogen and oxygen atoms in total. The minimum absolute atomic E-state index is 0.258. The Morgan fingerprint density at radius 1 is 1.29 bits per heavy atom. The van der Waals surface area contributed by atoms with Crippen LogP contribution >= 0.6 is 0 Å². The van der Waals surface area contributed by atoms with Crippen LogP contribution in [0.1, 0.15) is 43.4 Å². The van der Waals surface area contributed by atoms with Crippen molar-refractivity contribution in [3.63, 3.8) is 0 Å². The molecule has 2 saturated heterocycles. The maximum absolute atomic E-state index is 5.46. The van der Waals surface area contributed by atoms with Gasteiger partial charge >= 0.3 is 0 Å². The first-order valence-electron chi connectivity index (χ1n) is 8.17. The molecule has 2 aliphatic rings. The number of aryl methyl sites for hydroxylation is 1. The van der Waals surface area contributed by atoms with Gasteiger partial charge in [-0.3, -0.25) is 4.90 Å². The molecule has 21 heavy (non-hydrogen) atoms. The topological polar surface area (TPSA) is 57.4 Å². The highest BCUT2D eigenvalue weighted by Gasteiger charge is 2.28. The van der Waals surface area contributed by atoms with Gasteiger partial charge < -0.3 is 14.7 Å². The summed E-state index contributed by atoms with van der Waals surface area (Å²) in [6.07, 6.45) is 5.91. The average molecular weight is 293 g/mol. The Morgan fingerprint density at radius 3 is 3.00 bits per heavy atom. The van der Waals surface area contributed by atoms with Crippen LogP contribution in [0.25, 0.3) is 0 Å². The molecule has 3 heterocycles. The SMILES string of the molecule is CN1CCN(C)C(c2noc(CCC3CCCCN3)n2)C1. The smallest absolute Gasteiger partial charge is 0.226 e. The second-order valence-corrected chi connectivity index (χ2v) is 6.49. The highest BCUT2D eigenvalue weighted by molar-refractivity contribution is 4.98. The molecule has 2 aliphatic heterocycles. The van der Waals surface area contributed by atoms with Crippen LogP contribution < -0.4 is 5.32 Å². The number of nitrogens with one attached hydrogen (secondary N) is 1. The van der Waals surface area contributed by atoms with Gasteiger partial charge in [0.2, 0.25) is 5.89 Å². The maximum Gasteiger partial charge on any atom is 0.226 e. The van der Waals surface area contributed by atoms with Crippen molar-refractivity contribution in [3.8, 4) is 0 Å². The van der Waals surface area contributed by atoms with Gasteiger partial charge in [-0.1, -0.05) is 11.6 Å². The summed E-state index contributed by atoms with van der Waals surface area (Å²) >= 11 is 0. The van der Waals surface area contributed by atoms with E-state index in [-0.39, 0.29) is 6.04 Å². The molecule has 0 aromatic carbocycles. The molecule has 6 heteroatoms. The first-order valence-corrected chi connectivity index (χ1v) is 8.17. The molecule has 1 N–H and O–H groups in total. The third kappa shape index (κ3) is 3.81. The van der Waals surface area contributed by atoms with E-state index in [1.54, 1.807) is 0 Å². The molecule has 2 atom stereocenters. The number of piperazine rings is 1. The van der Waals surface area contributed by atoms with Crippen LogP contribution in [-0.4, -0.2) is 66.3 Å². The number of rotatable bonds is 4. The largest absolute Gasteiger partial charge is 0.339 e. The summed E-state index contributed by atoms with van der Waals surface area (Å²) in [6.45, 7) is 4.28. The molecule has 3 rings (SSSR count). The Balaban J connectivity index is 1.55. The van der Waals surface area contributed by atoms with Crippen molar-refractivity contribution in [1.82, 2.24) is 25.3 Å². The fourth-order valence-corrected chi connectivity index (χ4v) is 3.26. The summed E-state index contributed by atoms with van der Waals surface area (Å²) in [5, 5.41) is 7.78. The molecule has 0 aliphatic carbocycles. The average Bonchev–Trinajstić information content (AvgIpc) is 2.97. The van der Waals surface area contributed by atoms with Gasteiger partial charge in [0.25, 0.3) is 0 Å². The molecule has 2 fully saturated rings. The van der Waals surface area contributed by atoms with Gasteiger partial charge in [-0.25, -0.2) is 0 Å². The maximum atomic E-state index is 5.46. The van der Waals surface area contributed by atoms with Crippen LogP contribution in [-0.2, 0) is 6.42 Å². The molecule has 0 spiro atoms. The van der Waals surface area contributed by atoms with E-state index in [1.165, 1.54) is 19.3 Å². The predicted octanol–water partition coefficient (Wildman–Crippen LogP) is 1.06. The first-order chi connectivity index (χ1) is 10.2. The van der Waals surface area contributed by atoms with Gasteiger partial charge in [-0.15, -0.1) is 0 Å². The van der Waals surface area contributed by atoms with E-state index >= 15 is 0 Å². The Bertz CT molecular complexity index is 443. The molecular formula is C15H27N5O. The fourth-order valence-electron chi connectivity index (χ4n) is 3.26. The van der Waals surface area contributed by atoms with Crippen LogP contribution in [0.3, 0.4) is 0 Å². The van der Waals surface area contributed by atoms with Crippen LogP contribution in [0.5, 0.6) is 0 Å². The van der Waals surface area contributed by atoms with E-state index in [2.05, 4.69) is 39.4 Å². The fraction of sp³-hybridized carbons (Fsp3) is 0.867. The molecule has 118 valence electrons. The Hall–Kier alpha value is -0.980. The zero-order chi connectivity index (χ0) is 14.7. The number of piperidine rings is 1. The summed E-state index contributed by atoms with van der Waals surface area (Å²) in [5.74, 6) is 1.63. The standard InChI is InChI=1S/C15H27N5O/c1-19-9-10-20(2)13(11-19)15-17-14(21-18-15)7-6-12-5-3-4-8-16-12/h12-13,16H,3-11H2,1-2H3. The van der Waals surface area contributed by atoms with E-state index in [0.29, 0.717) is 6.04 Å². The quantitative estimate of drug-likeness (QED) is 0.896. The number of aromatic nitrogens is 2. The molecule has 1 aromatic rings. The lowest BCUT2D eigenvalue weighted by molar-refractivity contribution is 0.108. The lowest BCUT2D eigenvalue weighted by atomic mass is 10.0. The molecule has 2 unspecified atom stereocenters. The van der Waals surface area contributed by atoms with E-state index in [1.807, 2.05) is 0 Å². The molecule has 0 amide bonds. The lowest BCUT2D eigenvalue weighted by Crippen LogP contribution is -2.45. The molecule has 0 saturated carbocycles. The van der Waals surface area contributed by atoms with Gasteiger partial charge in [0.15, 0.2) is 5.82 Å². The van der Waals surface area contributed by atoms with Gasteiger partial charge in [-0.2, -0.15) is 4.98 Å². The second kappa shape index (κ2) is 6.85. The van der Waals surface area contributed by atoms with Crippen molar-refractivity contribution in [2.45, 2.75) is 44.2 Å². The highest BCUT2D eigenvalue weighted by atomic mass is 16.5. The number of nitrogens with zero attached hydrogens (tertiary/aromatic N) is 4. The van der Waals surface area contributed by atoms with E-state index in [9.17, 15) is 0 Å². The summed E-state index contributed by atoms with van der Waals surface area (Å²) in [7, 11) is 4.29. The third-order valence-electron chi connectivity index (χ3n) is 4.75. The van der Waals surface area contributed by atoms with Crippen LogP contribution in [0, 0.1) is 0 Å². The van der Waals surface area contributed by atoms with Crippen molar-refractivity contribution in [3.05, 3.63) is 11.7 Å². The number of hydrogen-bond acceptors (Lipinski definition) is 6. The summed E-state index contributed by atoms with van der Waals surface area (Å²) in [5.41, 5.74) is 0. The van der Waals surface area contributed by atoms with Gasteiger partial charge in [-0.05, 0) is 39.9 Å². The van der Waals surface area contributed by atoms with Gasteiger partial charge in [0.1, 0.15) is 0 Å². The van der Waals surface area contributed by atoms with Crippen LogP contribution in [0.4, 0.5) is 0 Å². The third-order valence-corrected chi connectivity index (χ3v) is 4.75. The lowest BCUT2D eigenvalue weighted by Gasteiger charge is -2.35. The summed E-state index contributed by atoms with van der Waals surface area (Å²) in [6, 6.07) is 0.881. The molecular weight excluding hydrogens is 266 g/mol. The van der Waals surface area contributed by atoms with Crippen LogP contribution in [0.15, 0.2) is 4.52 Å². The van der Waals surface area contributed by atoms with Gasteiger partial charge in [0, 0.05) is 32.1 Å². The van der Waals surface area contributed by atoms with E-state index in [0.717, 1.165) is 50.7 Å². The zero-order valence-electron chi connectivity index (χ0n) is 13.2. The van der Waals surface area contributed by atoms with Crippen molar-refractivity contribution in [2.24, 2.45) is 0 Å².